The van der Waals surface area contributed by atoms with Crippen LogP contribution in [0.4, 0.5) is 0 Å². The van der Waals surface area contributed by atoms with Gasteiger partial charge in [-0.3, -0.25) is 10.2 Å². The molecule has 2 fully saturated rings. The molecule has 0 aromatic rings. The summed E-state index contributed by atoms with van der Waals surface area (Å²) in [5.74, 6) is 0.591. The summed E-state index contributed by atoms with van der Waals surface area (Å²) in [6.07, 6.45) is 4.38. The highest BCUT2D eigenvalue weighted by molar-refractivity contribution is 7.91. The normalized spacial score (nSPS) is 36.3. The van der Waals surface area contributed by atoms with E-state index in [-0.39, 0.29) is 11.8 Å². The number of nitrogens with zero attached hydrogens (tertiary/aromatic N) is 2. The van der Waals surface area contributed by atoms with Crippen molar-refractivity contribution in [2.45, 2.75) is 56.7 Å². The number of nitriles is 1. The van der Waals surface area contributed by atoms with Gasteiger partial charge in [-0.2, -0.15) is 5.26 Å². The Labute approximate surface area is 122 Å². The fourth-order valence-electron chi connectivity index (χ4n) is 3.43. The summed E-state index contributed by atoms with van der Waals surface area (Å²) in [5, 5.41) is 12.8. The summed E-state index contributed by atoms with van der Waals surface area (Å²) in [6, 6.07) is 2.90. The Morgan fingerprint density at radius 3 is 2.70 bits per heavy atom. The van der Waals surface area contributed by atoms with Crippen molar-refractivity contribution >= 4 is 9.84 Å². The van der Waals surface area contributed by atoms with Gasteiger partial charge < -0.3 is 0 Å². The molecule has 6 heteroatoms. The predicted octanol–water partition coefficient (Wildman–Crippen LogP) is 0.920. The third kappa shape index (κ3) is 3.33. The molecule has 1 saturated carbocycles. The van der Waals surface area contributed by atoms with E-state index in [0.29, 0.717) is 11.8 Å². The van der Waals surface area contributed by atoms with Gasteiger partial charge in [-0.1, -0.05) is 6.92 Å². The molecule has 114 valence electrons. The SMILES string of the molecule is CCCNC1(C#N)CCC(N(C)C2CCS(=O)(=O)C2)C1. The lowest BCUT2D eigenvalue weighted by Gasteiger charge is -2.31. The first-order valence-electron chi connectivity index (χ1n) is 7.50. The van der Waals surface area contributed by atoms with E-state index in [1.807, 2.05) is 7.05 Å². The van der Waals surface area contributed by atoms with E-state index in [1.54, 1.807) is 0 Å². The minimum Gasteiger partial charge on any atom is -0.299 e. The lowest BCUT2D eigenvalue weighted by atomic mass is 9.99. The lowest BCUT2D eigenvalue weighted by molar-refractivity contribution is 0.183. The van der Waals surface area contributed by atoms with E-state index in [9.17, 15) is 13.7 Å². The highest BCUT2D eigenvalue weighted by Gasteiger charge is 2.43. The average molecular weight is 299 g/mol. The Balaban J connectivity index is 1.97. The molecule has 3 atom stereocenters. The molecule has 0 bridgehead atoms. The van der Waals surface area contributed by atoms with E-state index in [0.717, 1.165) is 38.6 Å². The second-order valence-electron chi connectivity index (χ2n) is 6.24. The fraction of sp³-hybridized carbons (Fsp3) is 0.929. The molecule has 2 aliphatic rings. The summed E-state index contributed by atoms with van der Waals surface area (Å²) in [5.41, 5.74) is -0.410. The van der Waals surface area contributed by atoms with E-state index >= 15 is 0 Å². The zero-order valence-electron chi connectivity index (χ0n) is 12.4. The molecule has 3 unspecified atom stereocenters. The van der Waals surface area contributed by atoms with Crippen molar-refractivity contribution in [1.29, 1.82) is 5.26 Å². The maximum Gasteiger partial charge on any atom is 0.151 e. The standard InChI is InChI=1S/C14H25N3O2S/c1-3-7-16-14(11-15)6-4-12(9-14)17(2)13-5-8-20(18,19)10-13/h12-13,16H,3-10H2,1-2H3. The molecule has 1 saturated heterocycles. The third-order valence-electron chi connectivity index (χ3n) is 4.78. The largest absolute Gasteiger partial charge is 0.299 e. The third-order valence-corrected chi connectivity index (χ3v) is 6.53. The van der Waals surface area contributed by atoms with Crippen LogP contribution < -0.4 is 5.32 Å². The summed E-state index contributed by atoms with van der Waals surface area (Å²) < 4.78 is 23.2. The van der Waals surface area contributed by atoms with Crippen molar-refractivity contribution in [3.05, 3.63) is 0 Å². The van der Waals surface area contributed by atoms with Crippen molar-refractivity contribution in [3.63, 3.8) is 0 Å². The van der Waals surface area contributed by atoms with Gasteiger partial charge in [-0.05, 0) is 45.7 Å². The van der Waals surface area contributed by atoms with Gasteiger partial charge in [0.15, 0.2) is 9.84 Å². The summed E-state index contributed by atoms with van der Waals surface area (Å²) in [6.45, 7) is 2.96. The molecule has 1 heterocycles. The molecular weight excluding hydrogens is 274 g/mol. The molecule has 2 rings (SSSR count). The van der Waals surface area contributed by atoms with Gasteiger partial charge in [0.05, 0.1) is 17.6 Å². The van der Waals surface area contributed by atoms with Gasteiger partial charge >= 0.3 is 0 Å². The first kappa shape index (κ1) is 15.7. The number of hydrogen-bond acceptors (Lipinski definition) is 5. The highest BCUT2D eigenvalue weighted by atomic mass is 32.2. The second-order valence-corrected chi connectivity index (χ2v) is 8.47. The Hall–Kier alpha value is -0.640. The van der Waals surface area contributed by atoms with Crippen LogP contribution in [0.2, 0.25) is 0 Å². The van der Waals surface area contributed by atoms with Gasteiger partial charge in [0.2, 0.25) is 0 Å². The molecule has 0 amide bonds. The first-order valence-corrected chi connectivity index (χ1v) is 9.32. The average Bonchev–Trinajstić information content (AvgIpc) is 3.00. The van der Waals surface area contributed by atoms with Crippen LogP contribution in [-0.4, -0.2) is 56.0 Å². The van der Waals surface area contributed by atoms with Crippen molar-refractivity contribution < 1.29 is 8.42 Å². The Bertz CT molecular complexity index is 485. The maximum absolute atomic E-state index is 11.6. The molecule has 5 nitrogen and oxygen atoms in total. The van der Waals surface area contributed by atoms with Gasteiger partial charge in [-0.25, -0.2) is 8.42 Å². The topological polar surface area (TPSA) is 73.2 Å². The minimum atomic E-state index is -2.84. The Morgan fingerprint density at radius 2 is 2.15 bits per heavy atom. The summed E-state index contributed by atoms with van der Waals surface area (Å²) >= 11 is 0. The molecule has 20 heavy (non-hydrogen) atoms. The van der Waals surface area contributed by atoms with Gasteiger partial charge in [0.1, 0.15) is 5.54 Å². The lowest BCUT2D eigenvalue weighted by Crippen LogP contribution is -2.45. The Kier molecular flexibility index (Phi) is 4.73. The van der Waals surface area contributed by atoms with Crippen LogP contribution in [0.5, 0.6) is 0 Å². The van der Waals surface area contributed by atoms with E-state index in [2.05, 4.69) is 23.2 Å². The van der Waals surface area contributed by atoms with Crippen LogP contribution in [0.1, 0.15) is 39.0 Å². The number of nitrogens with one attached hydrogen (secondary N) is 1. The smallest absolute Gasteiger partial charge is 0.151 e. The number of hydrogen-bond donors (Lipinski definition) is 1. The summed E-state index contributed by atoms with van der Waals surface area (Å²) in [4.78, 5) is 2.21. The zero-order chi connectivity index (χ0) is 14.8. The van der Waals surface area contributed by atoms with Crippen molar-refractivity contribution in [3.8, 4) is 6.07 Å². The van der Waals surface area contributed by atoms with E-state index in [1.165, 1.54) is 0 Å². The minimum absolute atomic E-state index is 0.130. The van der Waals surface area contributed by atoms with Crippen LogP contribution in [0, 0.1) is 11.3 Å². The van der Waals surface area contributed by atoms with Gasteiger partial charge in [-0.15, -0.1) is 0 Å². The van der Waals surface area contributed by atoms with E-state index in [4.69, 9.17) is 0 Å². The molecule has 0 spiro atoms. The van der Waals surface area contributed by atoms with Crippen LogP contribution in [-0.2, 0) is 9.84 Å². The molecule has 1 N–H and O–H groups in total. The van der Waals surface area contributed by atoms with Crippen LogP contribution in [0.15, 0.2) is 0 Å². The summed E-state index contributed by atoms with van der Waals surface area (Å²) in [7, 11) is -0.824. The van der Waals surface area contributed by atoms with Gasteiger partial charge in [0, 0.05) is 12.1 Å². The second kappa shape index (κ2) is 6.00. The van der Waals surface area contributed by atoms with Crippen LogP contribution in [0.3, 0.4) is 0 Å². The molecule has 1 aliphatic carbocycles. The quantitative estimate of drug-likeness (QED) is 0.817. The molecular formula is C14H25N3O2S. The molecule has 0 radical (unpaired) electrons. The van der Waals surface area contributed by atoms with Crippen LogP contribution >= 0.6 is 0 Å². The monoisotopic (exact) mass is 299 g/mol. The molecule has 0 aromatic heterocycles. The first-order chi connectivity index (χ1) is 9.41. The van der Waals surface area contributed by atoms with Crippen LogP contribution in [0.25, 0.3) is 0 Å². The van der Waals surface area contributed by atoms with Crippen molar-refractivity contribution in [1.82, 2.24) is 10.2 Å². The van der Waals surface area contributed by atoms with Gasteiger partial charge in [0.25, 0.3) is 0 Å². The van der Waals surface area contributed by atoms with Crippen molar-refractivity contribution in [2.24, 2.45) is 0 Å². The molecule has 1 aliphatic heterocycles. The number of sulfone groups is 1. The highest BCUT2D eigenvalue weighted by Crippen LogP contribution is 2.34. The number of rotatable bonds is 5. The Morgan fingerprint density at radius 1 is 1.40 bits per heavy atom. The van der Waals surface area contributed by atoms with Crippen molar-refractivity contribution in [2.75, 3.05) is 25.1 Å². The molecule has 0 aromatic carbocycles. The fourth-order valence-corrected chi connectivity index (χ4v) is 5.21. The zero-order valence-corrected chi connectivity index (χ0v) is 13.2. The van der Waals surface area contributed by atoms with E-state index < -0.39 is 15.4 Å². The predicted molar refractivity (Wildman–Crippen MR) is 79.1 cm³/mol. The maximum atomic E-state index is 11.6.